The monoisotopic (exact) mass is 276 g/mol. The van der Waals surface area contributed by atoms with Crippen LogP contribution in [0.3, 0.4) is 0 Å². The summed E-state index contributed by atoms with van der Waals surface area (Å²) < 4.78 is 0. The number of hydrogen-bond donors (Lipinski definition) is 2. The minimum Gasteiger partial charge on any atom is -0.369 e. The summed E-state index contributed by atoms with van der Waals surface area (Å²) in [4.78, 5) is 8.91. The van der Waals surface area contributed by atoms with Crippen LogP contribution in [0.15, 0.2) is 6.20 Å². The Labute approximate surface area is 122 Å². The maximum absolute atomic E-state index is 4.59. The van der Waals surface area contributed by atoms with Gasteiger partial charge in [-0.15, -0.1) is 0 Å². The van der Waals surface area contributed by atoms with Gasteiger partial charge in [0.05, 0.1) is 0 Å². The van der Waals surface area contributed by atoms with Crippen LogP contribution in [0.1, 0.15) is 51.5 Å². The van der Waals surface area contributed by atoms with E-state index in [0.29, 0.717) is 0 Å². The summed E-state index contributed by atoms with van der Waals surface area (Å²) in [7, 11) is 0. The Kier molecular flexibility index (Phi) is 5.62. The molecule has 2 N–H and O–H groups in total. The van der Waals surface area contributed by atoms with Crippen LogP contribution in [0.2, 0.25) is 0 Å². The van der Waals surface area contributed by atoms with Gasteiger partial charge in [-0.05, 0) is 31.6 Å². The molecular weight excluding hydrogens is 248 g/mol. The van der Waals surface area contributed by atoms with E-state index < -0.39 is 0 Å². The Bertz CT molecular complexity index is 419. The lowest BCUT2D eigenvalue weighted by atomic mass is 9.80. The number of nitrogens with zero attached hydrogens (tertiary/aromatic N) is 2. The molecule has 0 spiro atoms. The summed E-state index contributed by atoms with van der Waals surface area (Å²) in [5.74, 6) is 3.33. The first kappa shape index (κ1) is 15.1. The van der Waals surface area contributed by atoms with Crippen LogP contribution < -0.4 is 10.6 Å². The molecular formula is C16H28N4. The van der Waals surface area contributed by atoms with E-state index in [4.69, 9.17) is 0 Å². The van der Waals surface area contributed by atoms with Gasteiger partial charge in [0.15, 0.2) is 0 Å². The number of aromatic nitrogens is 2. The third-order valence-corrected chi connectivity index (χ3v) is 4.33. The number of aryl methyl sites for hydroxylation is 1. The summed E-state index contributed by atoms with van der Waals surface area (Å²) in [6.45, 7) is 8.54. The Morgan fingerprint density at radius 2 is 2.05 bits per heavy atom. The van der Waals surface area contributed by atoms with Crippen molar-refractivity contribution in [3.05, 3.63) is 11.8 Å². The standard InChI is InChI=1S/C16H28N4/c1-4-9-17-16-19-10-13(3)15(20-16)18-11-14-8-6-5-7-12(14)2/h10,12,14H,4-9,11H2,1-3H3,(H2,17,18,19,20). The number of rotatable bonds is 6. The highest BCUT2D eigenvalue weighted by Crippen LogP contribution is 2.29. The van der Waals surface area contributed by atoms with Crippen LogP contribution in [0.4, 0.5) is 11.8 Å². The average molecular weight is 276 g/mol. The van der Waals surface area contributed by atoms with Crippen molar-refractivity contribution in [2.45, 2.75) is 52.9 Å². The summed E-state index contributed by atoms with van der Waals surface area (Å²) >= 11 is 0. The molecule has 20 heavy (non-hydrogen) atoms. The predicted octanol–water partition coefficient (Wildman–Crippen LogP) is 3.85. The van der Waals surface area contributed by atoms with Crippen molar-refractivity contribution in [2.75, 3.05) is 23.7 Å². The summed E-state index contributed by atoms with van der Waals surface area (Å²) in [5, 5.41) is 6.79. The maximum Gasteiger partial charge on any atom is 0.224 e. The minimum absolute atomic E-state index is 0.733. The van der Waals surface area contributed by atoms with E-state index in [9.17, 15) is 0 Å². The Balaban J connectivity index is 1.93. The third kappa shape index (κ3) is 4.09. The second-order valence-corrected chi connectivity index (χ2v) is 6.05. The van der Waals surface area contributed by atoms with Crippen molar-refractivity contribution in [2.24, 2.45) is 11.8 Å². The van der Waals surface area contributed by atoms with Crippen LogP contribution >= 0.6 is 0 Å². The zero-order valence-corrected chi connectivity index (χ0v) is 13.1. The fourth-order valence-electron chi connectivity index (χ4n) is 2.87. The van der Waals surface area contributed by atoms with Crippen molar-refractivity contribution in [3.63, 3.8) is 0 Å². The molecule has 1 aromatic rings. The summed E-state index contributed by atoms with van der Waals surface area (Å²) in [6.07, 6.45) is 8.48. The largest absolute Gasteiger partial charge is 0.369 e. The van der Waals surface area contributed by atoms with E-state index in [-0.39, 0.29) is 0 Å². The van der Waals surface area contributed by atoms with E-state index in [0.717, 1.165) is 48.7 Å². The first-order chi connectivity index (χ1) is 9.70. The quantitative estimate of drug-likeness (QED) is 0.828. The van der Waals surface area contributed by atoms with Gasteiger partial charge >= 0.3 is 0 Å². The molecule has 0 aromatic carbocycles. The van der Waals surface area contributed by atoms with Crippen LogP contribution in [0, 0.1) is 18.8 Å². The SMILES string of the molecule is CCCNc1ncc(C)c(NCC2CCCCC2C)n1. The molecule has 1 saturated carbocycles. The zero-order chi connectivity index (χ0) is 14.4. The number of anilines is 2. The van der Waals surface area contributed by atoms with Crippen molar-refractivity contribution in [1.82, 2.24) is 9.97 Å². The van der Waals surface area contributed by atoms with Crippen molar-refractivity contribution >= 4 is 11.8 Å². The first-order valence-corrected chi connectivity index (χ1v) is 8.02. The molecule has 1 aromatic heterocycles. The molecule has 1 fully saturated rings. The molecule has 1 aliphatic rings. The smallest absolute Gasteiger partial charge is 0.224 e. The Hall–Kier alpha value is -1.32. The summed E-state index contributed by atoms with van der Waals surface area (Å²) in [5.41, 5.74) is 1.12. The van der Waals surface area contributed by atoms with Crippen molar-refractivity contribution in [1.29, 1.82) is 0 Å². The molecule has 0 amide bonds. The van der Waals surface area contributed by atoms with Gasteiger partial charge in [-0.25, -0.2) is 4.98 Å². The molecule has 2 atom stereocenters. The van der Waals surface area contributed by atoms with Gasteiger partial charge in [-0.3, -0.25) is 0 Å². The lowest BCUT2D eigenvalue weighted by Crippen LogP contribution is -2.25. The van der Waals surface area contributed by atoms with Crippen LogP contribution in [0.25, 0.3) is 0 Å². The molecule has 112 valence electrons. The molecule has 0 radical (unpaired) electrons. The van der Waals surface area contributed by atoms with Gasteiger partial charge in [0.1, 0.15) is 5.82 Å². The van der Waals surface area contributed by atoms with E-state index in [1.807, 2.05) is 6.20 Å². The van der Waals surface area contributed by atoms with Gasteiger partial charge in [0, 0.05) is 24.8 Å². The average Bonchev–Trinajstić information content (AvgIpc) is 2.46. The second kappa shape index (κ2) is 7.46. The predicted molar refractivity (Wildman–Crippen MR) is 85.2 cm³/mol. The fraction of sp³-hybridized carbons (Fsp3) is 0.750. The maximum atomic E-state index is 4.59. The highest BCUT2D eigenvalue weighted by Gasteiger charge is 2.21. The van der Waals surface area contributed by atoms with Crippen molar-refractivity contribution in [3.8, 4) is 0 Å². The van der Waals surface area contributed by atoms with Gasteiger partial charge in [0.2, 0.25) is 5.95 Å². The molecule has 2 unspecified atom stereocenters. The third-order valence-electron chi connectivity index (χ3n) is 4.33. The highest BCUT2D eigenvalue weighted by atomic mass is 15.1. The van der Waals surface area contributed by atoms with Crippen LogP contribution in [-0.4, -0.2) is 23.1 Å². The molecule has 0 saturated heterocycles. The molecule has 1 heterocycles. The van der Waals surface area contributed by atoms with Crippen LogP contribution in [-0.2, 0) is 0 Å². The Morgan fingerprint density at radius 3 is 2.80 bits per heavy atom. The normalized spacial score (nSPS) is 22.6. The molecule has 4 heteroatoms. The fourth-order valence-corrected chi connectivity index (χ4v) is 2.87. The number of nitrogens with one attached hydrogen (secondary N) is 2. The van der Waals surface area contributed by atoms with E-state index in [1.165, 1.54) is 25.7 Å². The lowest BCUT2D eigenvalue weighted by molar-refractivity contribution is 0.268. The zero-order valence-electron chi connectivity index (χ0n) is 13.1. The van der Waals surface area contributed by atoms with Crippen molar-refractivity contribution < 1.29 is 0 Å². The Morgan fingerprint density at radius 1 is 1.25 bits per heavy atom. The topological polar surface area (TPSA) is 49.8 Å². The van der Waals surface area contributed by atoms with E-state index >= 15 is 0 Å². The van der Waals surface area contributed by atoms with Gasteiger partial charge in [-0.2, -0.15) is 4.98 Å². The molecule has 0 aliphatic heterocycles. The number of hydrogen-bond acceptors (Lipinski definition) is 4. The van der Waals surface area contributed by atoms with E-state index in [2.05, 4.69) is 41.4 Å². The van der Waals surface area contributed by atoms with Crippen LogP contribution in [0.5, 0.6) is 0 Å². The van der Waals surface area contributed by atoms with Gasteiger partial charge in [0.25, 0.3) is 0 Å². The minimum atomic E-state index is 0.733. The van der Waals surface area contributed by atoms with Gasteiger partial charge in [-0.1, -0.05) is 33.1 Å². The molecule has 0 bridgehead atoms. The van der Waals surface area contributed by atoms with E-state index in [1.54, 1.807) is 0 Å². The lowest BCUT2D eigenvalue weighted by Gasteiger charge is -2.29. The molecule has 4 nitrogen and oxygen atoms in total. The second-order valence-electron chi connectivity index (χ2n) is 6.05. The molecule has 2 rings (SSSR count). The first-order valence-electron chi connectivity index (χ1n) is 8.02. The highest BCUT2D eigenvalue weighted by molar-refractivity contribution is 5.46. The summed E-state index contributed by atoms with van der Waals surface area (Å²) in [6, 6.07) is 0. The van der Waals surface area contributed by atoms with Gasteiger partial charge < -0.3 is 10.6 Å². The molecule has 1 aliphatic carbocycles.